The van der Waals surface area contributed by atoms with Crippen molar-refractivity contribution in [1.29, 1.82) is 0 Å². The van der Waals surface area contributed by atoms with Crippen molar-refractivity contribution in [3.05, 3.63) is 54.1 Å². The van der Waals surface area contributed by atoms with Crippen molar-refractivity contribution in [3.8, 4) is 16.9 Å². The lowest BCUT2D eigenvalue weighted by molar-refractivity contribution is -0.137. The molecule has 27 heavy (non-hydrogen) atoms. The number of hydrogen-bond donors (Lipinski definition) is 1. The summed E-state index contributed by atoms with van der Waals surface area (Å²) in [7, 11) is 0. The molecule has 1 aliphatic rings. The molecule has 3 rings (SSSR count). The molecule has 0 spiro atoms. The van der Waals surface area contributed by atoms with Gasteiger partial charge in [0.15, 0.2) is 0 Å². The van der Waals surface area contributed by atoms with Gasteiger partial charge in [0.25, 0.3) is 0 Å². The van der Waals surface area contributed by atoms with E-state index in [0.29, 0.717) is 36.6 Å². The number of halogens is 3. The molecule has 0 radical (unpaired) electrons. The minimum atomic E-state index is -4.37. The molecule has 7 heteroatoms. The van der Waals surface area contributed by atoms with Crippen molar-refractivity contribution in [2.24, 2.45) is 0 Å². The van der Waals surface area contributed by atoms with Gasteiger partial charge in [-0.3, -0.25) is 4.90 Å². The number of β-amino-alcohol motifs (C(OH)–C–C–N with tert-alkyl or cyclic N) is 1. The van der Waals surface area contributed by atoms with Crippen LogP contribution in [0.2, 0.25) is 0 Å². The van der Waals surface area contributed by atoms with Crippen molar-refractivity contribution in [2.45, 2.75) is 12.3 Å². The van der Waals surface area contributed by atoms with E-state index in [0.717, 1.165) is 25.2 Å². The van der Waals surface area contributed by atoms with Crippen LogP contribution in [0.3, 0.4) is 0 Å². The van der Waals surface area contributed by atoms with Gasteiger partial charge in [0.1, 0.15) is 18.5 Å². The molecule has 0 bridgehead atoms. The number of aliphatic hydroxyl groups excluding tert-OH is 1. The fourth-order valence-electron chi connectivity index (χ4n) is 2.95. The number of aliphatic hydroxyl groups is 1. The SMILES string of the molecule is OC(COc1ccc(-c2cccc(C(F)(F)F)c2)cc1)CN1CCOCC1. The van der Waals surface area contributed by atoms with E-state index < -0.39 is 17.8 Å². The molecule has 146 valence electrons. The van der Waals surface area contributed by atoms with Gasteiger partial charge >= 0.3 is 6.18 Å². The highest BCUT2D eigenvalue weighted by molar-refractivity contribution is 5.65. The van der Waals surface area contributed by atoms with E-state index in [1.807, 2.05) is 0 Å². The Bertz CT molecular complexity index is 728. The highest BCUT2D eigenvalue weighted by Gasteiger charge is 2.30. The van der Waals surface area contributed by atoms with Crippen LogP contribution in [0.15, 0.2) is 48.5 Å². The minimum absolute atomic E-state index is 0.153. The topological polar surface area (TPSA) is 41.9 Å². The predicted octanol–water partition coefficient (Wildman–Crippen LogP) is 3.44. The zero-order chi connectivity index (χ0) is 19.3. The van der Waals surface area contributed by atoms with Gasteiger partial charge in [-0.25, -0.2) is 0 Å². The normalized spacial score (nSPS) is 16.9. The molecule has 0 amide bonds. The summed E-state index contributed by atoms with van der Waals surface area (Å²) in [6, 6.07) is 12.0. The quantitative estimate of drug-likeness (QED) is 0.832. The summed E-state index contributed by atoms with van der Waals surface area (Å²) in [6.07, 6.45) is -4.98. The Morgan fingerprint density at radius 2 is 1.74 bits per heavy atom. The van der Waals surface area contributed by atoms with E-state index in [2.05, 4.69) is 4.90 Å². The summed E-state index contributed by atoms with van der Waals surface area (Å²) in [6.45, 7) is 3.60. The van der Waals surface area contributed by atoms with E-state index in [9.17, 15) is 18.3 Å². The van der Waals surface area contributed by atoms with Crippen LogP contribution in [0.4, 0.5) is 13.2 Å². The largest absolute Gasteiger partial charge is 0.491 e. The standard InChI is InChI=1S/C20H22F3NO3/c21-20(22,23)17-3-1-2-16(12-17)15-4-6-19(7-5-15)27-14-18(25)13-24-8-10-26-11-9-24/h1-7,12,18,25H,8-11,13-14H2. The van der Waals surface area contributed by atoms with E-state index in [1.54, 1.807) is 30.3 Å². The van der Waals surface area contributed by atoms with Gasteiger partial charge in [-0.2, -0.15) is 13.2 Å². The third-order valence-corrected chi connectivity index (χ3v) is 4.39. The molecule has 1 fully saturated rings. The van der Waals surface area contributed by atoms with Gasteiger partial charge in [-0.15, -0.1) is 0 Å². The molecule has 1 unspecified atom stereocenters. The van der Waals surface area contributed by atoms with Crippen molar-refractivity contribution < 1.29 is 27.8 Å². The molecule has 1 aliphatic heterocycles. The third-order valence-electron chi connectivity index (χ3n) is 4.39. The minimum Gasteiger partial charge on any atom is -0.491 e. The second-order valence-electron chi connectivity index (χ2n) is 6.48. The molecule has 1 atom stereocenters. The van der Waals surface area contributed by atoms with Crippen molar-refractivity contribution in [3.63, 3.8) is 0 Å². The smallest absolute Gasteiger partial charge is 0.416 e. The third kappa shape index (κ3) is 5.69. The van der Waals surface area contributed by atoms with E-state index >= 15 is 0 Å². The molecule has 0 saturated carbocycles. The maximum absolute atomic E-state index is 12.8. The van der Waals surface area contributed by atoms with Crippen LogP contribution in [0.1, 0.15) is 5.56 Å². The number of morpholine rings is 1. The molecule has 0 aromatic heterocycles. The predicted molar refractivity (Wildman–Crippen MR) is 95.6 cm³/mol. The van der Waals surface area contributed by atoms with E-state index in [-0.39, 0.29) is 6.61 Å². The number of hydrogen-bond acceptors (Lipinski definition) is 4. The van der Waals surface area contributed by atoms with Crippen LogP contribution in [0.25, 0.3) is 11.1 Å². The molecule has 0 aliphatic carbocycles. The number of rotatable bonds is 6. The molecule has 4 nitrogen and oxygen atoms in total. The Kier molecular flexibility index (Phi) is 6.36. The molecule has 1 N–H and O–H groups in total. The highest BCUT2D eigenvalue weighted by Crippen LogP contribution is 2.32. The van der Waals surface area contributed by atoms with Crippen LogP contribution >= 0.6 is 0 Å². The lowest BCUT2D eigenvalue weighted by Gasteiger charge is -2.28. The van der Waals surface area contributed by atoms with Crippen molar-refractivity contribution in [2.75, 3.05) is 39.5 Å². The monoisotopic (exact) mass is 381 g/mol. The fraction of sp³-hybridized carbons (Fsp3) is 0.400. The van der Waals surface area contributed by atoms with Crippen molar-refractivity contribution >= 4 is 0 Å². The van der Waals surface area contributed by atoms with Gasteiger partial charge < -0.3 is 14.6 Å². The van der Waals surface area contributed by atoms with Crippen LogP contribution in [-0.4, -0.2) is 55.6 Å². The van der Waals surface area contributed by atoms with Gasteiger partial charge in [0, 0.05) is 19.6 Å². The zero-order valence-electron chi connectivity index (χ0n) is 14.8. The van der Waals surface area contributed by atoms with Gasteiger partial charge in [0.2, 0.25) is 0 Å². The molecule has 2 aromatic carbocycles. The Hall–Kier alpha value is -2.09. The first-order valence-electron chi connectivity index (χ1n) is 8.80. The number of alkyl halides is 3. The lowest BCUT2D eigenvalue weighted by Crippen LogP contribution is -2.42. The van der Waals surface area contributed by atoms with Crippen LogP contribution in [0.5, 0.6) is 5.75 Å². The number of ether oxygens (including phenoxy) is 2. The molecule has 2 aromatic rings. The Balaban J connectivity index is 1.56. The second kappa shape index (κ2) is 8.73. The summed E-state index contributed by atoms with van der Waals surface area (Å²) in [5.41, 5.74) is 0.484. The Labute approximate surface area is 156 Å². The first kappa shape index (κ1) is 19.7. The highest BCUT2D eigenvalue weighted by atomic mass is 19.4. The van der Waals surface area contributed by atoms with Gasteiger partial charge in [0.05, 0.1) is 18.8 Å². The number of nitrogens with zero attached hydrogens (tertiary/aromatic N) is 1. The average Bonchev–Trinajstić information content (AvgIpc) is 2.67. The molecule has 1 heterocycles. The lowest BCUT2D eigenvalue weighted by atomic mass is 10.0. The molecular weight excluding hydrogens is 359 g/mol. The Morgan fingerprint density at radius 1 is 1.04 bits per heavy atom. The summed E-state index contributed by atoms with van der Waals surface area (Å²) >= 11 is 0. The molecular formula is C20H22F3NO3. The first-order chi connectivity index (χ1) is 12.9. The van der Waals surface area contributed by atoms with Crippen molar-refractivity contribution in [1.82, 2.24) is 4.90 Å². The fourth-order valence-corrected chi connectivity index (χ4v) is 2.95. The summed E-state index contributed by atoms with van der Waals surface area (Å²) in [5, 5.41) is 10.1. The van der Waals surface area contributed by atoms with Gasteiger partial charge in [-0.05, 0) is 35.4 Å². The summed E-state index contributed by atoms with van der Waals surface area (Å²) < 4.78 is 49.4. The Morgan fingerprint density at radius 3 is 2.41 bits per heavy atom. The van der Waals surface area contributed by atoms with E-state index in [4.69, 9.17) is 9.47 Å². The number of benzene rings is 2. The van der Waals surface area contributed by atoms with Crippen LogP contribution in [-0.2, 0) is 10.9 Å². The second-order valence-corrected chi connectivity index (χ2v) is 6.48. The summed E-state index contributed by atoms with van der Waals surface area (Å²) in [4.78, 5) is 2.12. The summed E-state index contributed by atoms with van der Waals surface area (Å²) in [5.74, 6) is 0.562. The van der Waals surface area contributed by atoms with Crippen LogP contribution < -0.4 is 4.74 Å². The zero-order valence-corrected chi connectivity index (χ0v) is 14.8. The van der Waals surface area contributed by atoms with Gasteiger partial charge in [-0.1, -0.05) is 24.3 Å². The average molecular weight is 381 g/mol. The van der Waals surface area contributed by atoms with Crippen LogP contribution in [0, 0.1) is 0 Å². The van der Waals surface area contributed by atoms with E-state index in [1.165, 1.54) is 6.07 Å². The maximum atomic E-state index is 12.8. The first-order valence-corrected chi connectivity index (χ1v) is 8.80. The molecule has 1 saturated heterocycles. The maximum Gasteiger partial charge on any atom is 0.416 e.